The molecule has 20 heavy (non-hydrogen) atoms. The summed E-state index contributed by atoms with van der Waals surface area (Å²) in [5, 5.41) is 12.9. The molecular formula is C15H15ClN2O2. The van der Waals surface area contributed by atoms with Crippen LogP contribution < -0.4 is 5.32 Å². The number of nitrogens with zero attached hydrogens (tertiary/aromatic N) is 1. The van der Waals surface area contributed by atoms with Crippen LogP contribution in [0.2, 0.25) is 5.02 Å². The van der Waals surface area contributed by atoms with Crippen LogP contribution in [0.5, 0.6) is 0 Å². The van der Waals surface area contributed by atoms with Gasteiger partial charge in [0.05, 0.1) is 6.04 Å². The van der Waals surface area contributed by atoms with Crippen molar-refractivity contribution in [1.82, 2.24) is 4.98 Å². The average Bonchev–Trinajstić information content (AvgIpc) is 2.38. The van der Waals surface area contributed by atoms with Gasteiger partial charge in [-0.1, -0.05) is 29.8 Å². The van der Waals surface area contributed by atoms with Gasteiger partial charge in [0.2, 0.25) is 0 Å². The Morgan fingerprint density at radius 1 is 1.30 bits per heavy atom. The van der Waals surface area contributed by atoms with Gasteiger partial charge in [-0.05, 0) is 37.6 Å². The first-order valence-electron chi connectivity index (χ1n) is 6.21. The van der Waals surface area contributed by atoms with Gasteiger partial charge in [0, 0.05) is 10.7 Å². The van der Waals surface area contributed by atoms with E-state index in [1.165, 1.54) is 0 Å². The van der Waals surface area contributed by atoms with Gasteiger partial charge in [0.1, 0.15) is 11.4 Å². The van der Waals surface area contributed by atoms with E-state index in [1.54, 1.807) is 18.2 Å². The molecule has 2 N–H and O–H groups in total. The fourth-order valence-corrected chi connectivity index (χ4v) is 2.25. The highest BCUT2D eigenvalue weighted by molar-refractivity contribution is 6.31. The zero-order valence-corrected chi connectivity index (χ0v) is 12.0. The van der Waals surface area contributed by atoms with Crippen molar-refractivity contribution in [2.75, 3.05) is 5.32 Å². The lowest BCUT2D eigenvalue weighted by Gasteiger charge is -2.17. The van der Waals surface area contributed by atoms with Crippen LogP contribution in [0, 0.1) is 6.92 Å². The number of carboxylic acids is 1. The number of hydrogen-bond donors (Lipinski definition) is 2. The molecule has 0 fully saturated rings. The number of aromatic carboxylic acids is 1. The minimum absolute atomic E-state index is 0.143. The first kappa shape index (κ1) is 14.3. The molecule has 2 rings (SSSR count). The molecule has 0 amide bonds. The minimum Gasteiger partial charge on any atom is -0.478 e. The Hall–Kier alpha value is -2.07. The normalized spacial score (nSPS) is 11.9. The van der Waals surface area contributed by atoms with E-state index in [4.69, 9.17) is 11.6 Å². The lowest BCUT2D eigenvalue weighted by Crippen LogP contribution is -2.13. The zero-order chi connectivity index (χ0) is 14.7. The molecule has 0 aliphatic rings. The molecule has 1 unspecified atom stereocenters. The van der Waals surface area contributed by atoms with E-state index in [9.17, 15) is 9.90 Å². The van der Waals surface area contributed by atoms with Crippen molar-refractivity contribution in [2.45, 2.75) is 19.9 Å². The molecule has 2 aromatic rings. The summed E-state index contributed by atoms with van der Waals surface area (Å²) in [5.74, 6) is -0.656. The number of nitrogens with one attached hydrogen (secondary N) is 1. The third-order valence-corrected chi connectivity index (χ3v) is 3.33. The quantitative estimate of drug-likeness (QED) is 0.896. The van der Waals surface area contributed by atoms with Gasteiger partial charge in [-0.15, -0.1) is 0 Å². The highest BCUT2D eigenvalue weighted by Gasteiger charge is 2.15. The van der Waals surface area contributed by atoms with E-state index < -0.39 is 5.97 Å². The van der Waals surface area contributed by atoms with Crippen molar-refractivity contribution >= 4 is 23.4 Å². The van der Waals surface area contributed by atoms with Crippen molar-refractivity contribution in [2.24, 2.45) is 0 Å². The maximum atomic E-state index is 11.2. The van der Waals surface area contributed by atoms with Gasteiger partial charge in [-0.2, -0.15) is 0 Å². The van der Waals surface area contributed by atoms with Gasteiger partial charge in [-0.3, -0.25) is 0 Å². The van der Waals surface area contributed by atoms with Crippen molar-refractivity contribution < 1.29 is 9.90 Å². The minimum atomic E-state index is -1.01. The van der Waals surface area contributed by atoms with Gasteiger partial charge in [0.15, 0.2) is 0 Å². The Bertz CT molecular complexity index is 644. The van der Waals surface area contributed by atoms with Crippen LogP contribution in [0.25, 0.3) is 0 Å². The Kier molecular flexibility index (Phi) is 4.25. The molecule has 1 atom stereocenters. The van der Waals surface area contributed by atoms with Crippen LogP contribution in [-0.2, 0) is 0 Å². The number of aryl methyl sites for hydroxylation is 1. The Morgan fingerprint density at radius 3 is 2.65 bits per heavy atom. The van der Waals surface area contributed by atoms with Crippen molar-refractivity contribution in [3.05, 3.63) is 58.2 Å². The van der Waals surface area contributed by atoms with Crippen LogP contribution in [-0.4, -0.2) is 16.1 Å². The van der Waals surface area contributed by atoms with Gasteiger partial charge in [-0.25, -0.2) is 9.78 Å². The second kappa shape index (κ2) is 5.92. The first-order valence-corrected chi connectivity index (χ1v) is 6.58. The zero-order valence-electron chi connectivity index (χ0n) is 11.2. The van der Waals surface area contributed by atoms with E-state index in [2.05, 4.69) is 10.3 Å². The SMILES string of the molecule is Cc1ccc(C(=O)O)c(NC(C)c2ccccc2Cl)n1. The monoisotopic (exact) mass is 290 g/mol. The number of carbonyl (C=O) groups is 1. The van der Waals surface area contributed by atoms with Crippen molar-refractivity contribution in [3.8, 4) is 0 Å². The van der Waals surface area contributed by atoms with Gasteiger partial charge >= 0.3 is 5.97 Å². The molecule has 0 spiro atoms. The summed E-state index contributed by atoms with van der Waals surface area (Å²) >= 11 is 6.14. The van der Waals surface area contributed by atoms with Crippen LogP contribution in [0.3, 0.4) is 0 Å². The summed E-state index contributed by atoms with van der Waals surface area (Å²) in [4.78, 5) is 15.5. The number of carboxylic acid groups (broad SMARTS) is 1. The summed E-state index contributed by atoms with van der Waals surface area (Å²) < 4.78 is 0. The standard InChI is InChI=1S/C15H15ClN2O2/c1-9-7-8-12(15(19)20)14(17-9)18-10(2)11-5-3-4-6-13(11)16/h3-8,10H,1-2H3,(H,17,18)(H,19,20). The lowest BCUT2D eigenvalue weighted by molar-refractivity contribution is 0.0697. The third kappa shape index (κ3) is 3.08. The molecule has 0 bridgehead atoms. The molecular weight excluding hydrogens is 276 g/mol. The second-order valence-corrected chi connectivity index (χ2v) is 4.95. The highest BCUT2D eigenvalue weighted by Crippen LogP contribution is 2.26. The largest absolute Gasteiger partial charge is 0.478 e. The highest BCUT2D eigenvalue weighted by atomic mass is 35.5. The summed E-state index contributed by atoms with van der Waals surface area (Å²) in [7, 11) is 0. The molecule has 104 valence electrons. The molecule has 1 aromatic carbocycles. The van der Waals surface area contributed by atoms with E-state index >= 15 is 0 Å². The Morgan fingerprint density at radius 2 is 2.00 bits per heavy atom. The number of anilines is 1. The van der Waals surface area contributed by atoms with E-state index in [1.807, 2.05) is 32.0 Å². The average molecular weight is 291 g/mol. The summed E-state index contributed by atoms with van der Waals surface area (Å²) in [6, 6.07) is 10.5. The molecule has 1 heterocycles. The van der Waals surface area contributed by atoms with E-state index in [-0.39, 0.29) is 11.6 Å². The molecule has 0 saturated heterocycles. The van der Waals surface area contributed by atoms with Crippen LogP contribution in [0.15, 0.2) is 36.4 Å². The van der Waals surface area contributed by atoms with E-state index in [0.717, 1.165) is 11.3 Å². The maximum Gasteiger partial charge on any atom is 0.339 e. The summed E-state index contributed by atoms with van der Waals surface area (Å²) in [6.45, 7) is 3.73. The maximum absolute atomic E-state index is 11.2. The fraction of sp³-hybridized carbons (Fsp3) is 0.200. The van der Waals surface area contributed by atoms with Crippen molar-refractivity contribution in [3.63, 3.8) is 0 Å². The van der Waals surface area contributed by atoms with Crippen LogP contribution >= 0.6 is 11.6 Å². The van der Waals surface area contributed by atoms with Crippen molar-refractivity contribution in [1.29, 1.82) is 0 Å². The first-order chi connectivity index (χ1) is 9.49. The molecule has 4 nitrogen and oxygen atoms in total. The van der Waals surface area contributed by atoms with E-state index in [0.29, 0.717) is 10.8 Å². The number of rotatable bonds is 4. The topological polar surface area (TPSA) is 62.2 Å². The fourth-order valence-electron chi connectivity index (χ4n) is 1.95. The number of benzene rings is 1. The predicted molar refractivity (Wildman–Crippen MR) is 79.4 cm³/mol. The molecule has 0 aliphatic carbocycles. The second-order valence-electron chi connectivity index (χ2n) is 4.54. The molecule has 0 saturated carbocycles. The van der Waals surface area contributed by atoms with Crippen LogP contribution in [0.4, 0.5) is 5.82 Å². The summed E-state index contributed by atoms with van der Waals surface area (Å²) in [5.41, 5.74) is 1.80. The molecule has 5 heteroatoms. The number of hydrogen-bond acceptors (Lipinski definition) is 3. The number of aromatic nitrogens is 1. The lowest BCUT2D eigenvalue weighted by atomic mass is 10.1. The third-order valence-electron chi connectivity index (χ3n) is 2.99. The Balaban J connectivity index is 2.32. The summed E-state index contributed by atoms with van der Waals surface area (Å²) in [6.07, 6.45) is 0. The van der Waals surface area contributed by atoms with Gasteiger partial charge in [0.25, 0.3) is 0 Å². The number of pyridine rings is 1. The smallest absolute Gasteiger partial charge is 0.339 e. The molecule has 1 aromatic heterocycles. The van der Waals surface area contributed by atoms with Crippen LogP contribution in [0.1, 0.15) is 34.6 Å². The molecule has 0 aliphatic heterocycles. The molecule has 0 radical (unpaired) electrons. The Labute approximate surface area is 122 Å². The predicted octanol–water partition coefficient (Wildman–Crippen LogP) is 3.91. The van der Waals surface area contributed by atoms with Gasteiger partial charge < -0.3 is 10.4 Å². The number of halogens is 1.